The summed E-state index contributed by atoms with van der Waals surface area (Å²) in [5.74, 6) is 0.307. The van der Waals surface area contributed by atoms with Crippen molar-refractivity contribution in [1.29, 1.82) is 0 Å². The Balaban J connectivity index is 2.55. The fourth-order valence-electron chi connectivity index (χ4n) is 2.74. The second-order valence-corrected chi connectivity index (χ2v) is 6.31. The number of hydrogen-bond donors (Lipinski definition) is 1. The third-order valence-electron chi connectivity index (χ3n) is 4.53. The van der Waals surface area contributed by atoms with E-state index in [1.54, 1.807) is 12.0 Å². The van der Waals surface area contributed by atoms with Gasteiger partial charge < -0.3 is 15.4 Å². The molecule has 4 heteroatoms. The van der Waals surface area contributed by atoms with Crippen molar-refractivity contribution in [3.05, 3.63) is 0 Å². The van der Waals surface area contributed by atoms with E-state index < -0.39 is 0 Å². The van der Waals surface area contributed by atoms with E-state index in [4.69, 9.17) is 10.5 Å². The van der Waals surface area contributed by atoms with Gasteiger partial charge in [0, 0.05) is 32.7 Å². The van der Waals surface area contributed by atoms with Crippen LogP contribution in [0.15, 0.2) is 0 Å². The third-order valence-corrected chi connectivity index (χ3v) is 4.53. The normalized spacial score (nSPS) is 23.2. The van der Waals surface area contributed by atoms with Crippen molar-refractivity contribution in [3.63, 3.8) is 0 Å². The second-order valence-electron chi connectivity index (χ2n) is 6.31. The Hall–Kier alpha value is -0.610. The summed E-state index contributed by atoms with van der Waals surface area (Å²) in [7, 11) is 3.44. The van der Waals surface area contributed by atoms with Crippen molar-refractivity contribution in [2.45, 2.75) is 33.7 Å². The van der Waals surface area contributed by atoms with Gasteiger partial charge in [0.25, 0.3) is 0 Å². The van der Waals surface area contributed by atoms with E-state index in [2.05, 4.69) is 27.7 Å². The van der Waals surface area contributed by atoms with E-state index in [9.17, 15) is 4.79 Å². The second kappa shape index (κ2) is 4.58. The lowest BCUT2D eigenvalue weighted by Crippen LogP contribution is -2.42. The van der Waals surface area contributed by atoms with Crippen molar-refractivity contribution in [2.75, 3.05) is 27.3 Å². The number of hydrogen-bond acceptors (Lipinski definition) is 3. The monoisotopic (exact) mass is 242 g/mol. The highest BCUT2D eigenvalue weighted by Gasteiger charge is 2.68. The number of likely N-dealkylation sites (N-methyl/N-ethyl adjacent to an activating group) is 1. The first-order valence-electron chi connectivity index (χ1n) is 6.15. The first kappa shape index (κ1) is 14.5. The zero-order valence-electron chi connectivity index (χ0n) is 11.9. The van der Waals surface area contributed by atoms with Crippen LogP contribution in [0, 0.1) is 16.7 Å². The minimum atomic E-state index is -0.112. The number of rotatable bonds is 5. The Morgan fingerprint density at radius 2 is 1.82 bits per heavy atom. The van der Waals surface area contributed by atoms with Crippen LogP contribution < -0.4 is 5.73 Å². The topological polar surface area (TPSA) is 55.6 Å². The van der Waals surface area contributed by atoms with Gasteiger partial charge in [0.2, 0.25) is 5.91 Å². The minimum absolute atomic E-state index is 0.0870. The summed E-state index contributed by atoms with van der Waals surface area (Å²) in [6.45, 7) is 9.64. The number of nitrogens with two attached hydrogens (primary N) is 1. The average Bonchev–Trinajstić information content (AvgIpc) is 2.56. The molecule has 1 amide bonds. The number of carbonyl (C=O) groups excluding carboxylic acids is 1. The lowest BCUT2D eigenvalue weighted by atomic mass is 10.0. The van der Waals surface area contributed by atoms with Crippen LogP contribution in [0.4, 0.5) is 0 Å². The molecular formula is C13H26N2O2. The van der Waals surface area contributed by atoms with Gasteiger partial charge in [-0.25, -0.2) is 0 Å². The standard InChI is InChI=1S/C13H26N2O2/c1-12(2)10(13(12,3)4)11(16)15(5)7-9(14)8-17-6/h9-10H,7-8,14H2,1-6H3. The van der Waals surface area contributed by atoms with Crippen LogP contribution in [-0.4, -0.2) is 44.2 Å². The predicted molar refractivity (Wildman–Crippen MR) is 68.5 cm³/mol. The summed E-state index contributed by atoms with van der Waals surface area (Å²) in [5, 5.41) is 0. The van der Waals surface area contributed by atoms with Crippen molar-refractivity contribution in [1.82, 2.24) is 4.90 Å². The number of nitrogens with zero attached hydrogens (tertiary/aromatic N) is 1. The van der Waals surface area contributed by atoms with Gasteiger partial charge in [-0.05, 0) is 10.8 Å². The fraction of sp³-hybridized carbons (Fsp3) is 0.923. The van der Waals surface area contributed by atoms with Crippen LogP contribution >= 0.6 is 0 Å². The maximum Gasteiger partial charge on any atom is 0.226 e. The highest BCUT2D eigenvalue weighted by atomic mass is 16.5. The number of methoxy groups -OCH3 is 1. The van der Waals surface area contributed by atoms with E-state index in [1.165, 1.54) is 0 Å². The molecule has 1 rings (SSSR count). The summed E-state index contributed by atoms with van der Waals surface area (Å²) < 4.78 is 4.98. The van der Waals surface area contributed by atoms with Crippen LogP contribution in [0.5, 0.6) is 0 Å². The fourth-order valence-corrected chi connectivity index (χ4v) is 2.74. The smallest absolute Gasteiger partial charge is 0.226 e. The highest BCUT2D eigenvalue weighted by Crippen LogP contribution is 2.68. The Labute approximate surface area is 104 Å². The summed E-state index contributed by atoms with van der Waals surface area (Å²) in [4.78, 5) is 14.0. The van der Waals surface area contributed by atoms with Crippen molar-refractivity contribution in [2.24, 2.45) is 22.5 Å². The zero-order chi connectivity index (χ0) is 13.4. The zero-order valence-corrected chi connectivity index (χ0v) is 11.9. The summed E-state index contributed by atoms with van der Waals surface area (Å²) >= 11 is 0. The van der Waals surface area contributed by atoms with Gasteiger partial charge in [-0.1, -0.05) is 27.7 Å². The van der Waals surface area contributed by atoms with Gasteiger partial charge in [-0.2, -0.15) is 0 Å². The predicted octanol–water partition coefficient (Wildman–Crippen LogP) is 1.10. The Morgan fingerprint density at radius 1 is 1.35 bits per heavy atom. The average molecular weight is 242 g/mol. The molecule has 1 aliphatic rings. The van der Waals surface area contributed by atoms with E-state index in [0.29, 0.717) is 13.2 Å². The molecule has 1 fully saturated rings. The molecule has 0 aromatic heterocycles. The number of amides is 1. The first-order chi connectivity index (χ1) is 7.66. The van der Waals surface area contributed by atoms with E-state index in [1.807, 2.05) is 7.05 Å². The van der Waals surface area contributed by atoms with Gasteiger partial charge in [-0.3, -0.25) is 4.79 Å². The van der Waals surface area contributed by atoms with Crippen LogP contribution in [0.1, 0.15) is 27.7 Å². The Bertz CT molecular complexity index is 286. The molecule has 0 radical (unpaired) electrons. The molecule has 1 unspecified atom stereocenters. The van der Waals surface area contributed by atoms with Crippen LogP contribution in [0.3, 0.4) is 0 Å². The van der Waals surface area contributed by atoms with Crippen LogP contribution in [0.2, 0.25) is 0 Å². The highest BCUT2D eigenvalue weighted by molar-refractivity contribution is 5.84. The summed E-state index contributed by atoms with van der Waals surface area (Å²) in [6, 6.07) is -0.112. The molecule has 0 aliphatic heterocycles. The molecule has 4 nitrogen and oxygen atoms in total. The minimum Gasteiger partial charge on any atom is -0.383 e. The molecule has 17 heavy (non-hydrogen) atoms. The van der Waals surface area contributed by atoms with Crippen LogP contribution in [-0.2, 0) is 9.53 Å². The van der Waals surface area contributed by atoms with Gasteiger partial charge >= 0.3 is 0 Å². The lowest BCUT2D eigenvalue weighted by Gasteiger charge is -2.22. The van der Waals surface area contributed by atoms with E-state index >= 15 is 0 Å². The van der Waals surface area contributed by atoms with Crippen LogP contribution in [0.25, 0.3) is 0 Å². The Kier molecular flexibility index (Phi) is 3.89. The molecule has 2 N–H and O–H groups in total. The molecule has 0 bridgehead atoms. The molecule has 1 aliphatic carbocycles. The molecule has 0 spiro atoms. The van der Waals surface area contributed by atoms with Crippen molar-refractivity contribution in [3.8, 4) is 0 Å². The van der Waals surface area contributed by atoms with Gasteiger partial charge in [0.05, 0.1) is 6.61 Å². The maximum absolute atomic E-state index is 12.3. The summed E-state index contributed by atoms with van der Waals surface area (Å²) in [6.07, 6.45) is 0. The molecule has 0 saturated heterocycles. The van der Waals surface area contributed by atoms with Crippen molar-refractivity contribution >= 4 is 5.91 Å². The molecule has 1 saturated carbocycles. The SMILES string of the molecule is COCC(N)CN(C)C(=O)C1C(C)(C)C1(C)C. The van der Waals surface area contributed by atoms with E-state index in [-0.39, 0.29) is 28.7 Å². The largest absolute Gasteiger partial charge is 0.383 e. The molecule has 100 valence electrons. The van der Waals surface area contributed by atoms with Gasteiger partial charge in [0.15, 0.2) is 0 Å². The van der Waals surface area contributed by atoms with Gasteiger partial charge in [-0.15, -0.1) is 0 Å². The quantitative estimate of drug-likeness (QED) is 0.785. The lowest BCUT2D eigenvalue weighted by molar-refractivity contribution is -0.132. The number of carbonyl (C=O) groups is 1. The molecule has 1 atom stereocenters. The third kappa shape index (κ3) is 2.47. The van der Waals surface area contributed by atoms with Crippen molar-refractivity contribution < 1.29 is 9.53 Å². The number of ether oxygens (including phenoxy) is 1. The van der Waals surface area contributed by atoms with E-state index in [0.717, 1.165) is 0 Å². The molecule has 0 aromatic carbocycles. The van der Waals surface area contributed by atoms with Gasteiger partial charge in [0.1, 0.15) is 0 Å². The Morgan fingerprint density at radius 3 is 2.18 bits per heavy atom. The molecular weight excluding hydrogens is 216 g/mol. The summed E-state index contributed by atoms with van der Waals surface area (Å²) in [5.41, 5.74) is 6.03. The molecule has 0 heterocycles. The first-order valence-corrected chi connectivity index (χ1v) is 6.15. The maximum atomic E-state index is 12.3. The molecule has 0 aromatic rings.